The zero-order valence-electron chi connectivity index (χ0n) is 8.20. The summed E-state index contributed by atoms with van der Waals surface area (Å²) in [4.78, 5) is 0. The quantitative estimate of drug-likeness (QED) is 0.793. The molecule has 0 aliphatic carbocycles. The van der Waals surface area contributed by atoms with Crippen LogP contribution in [0.4, 0.5) is 5.82 Å². The van der Waals surface area contributed by atoms with Gasteiger partial charge in [-0.3, -0.25) is 0 Å². The highest BCUT2D eigenvalue weighted by atomic mass is 16.5. The van der Waals surface area contributed by atoms with Gasteiger partial charge in [-0.05, 0) is 13.0 Å². The Hall–Kier alpha value is -1.71. The first-order valence-electron chi connectivity index (χ1n) is 4.52. The summed E-state index contributed by atoms with van der Waals surface area (Å²) in [6.45, 7) is 3.91. The predicted molar refractivity (Wildman–Crippen MR) is 52.7 cm³/mol. The van der Waals surface area contributed by atoms with Gasteiger partial charge in [0.1, 0.15) is 5.76 Å². The number of nitrogens with two attached hydrogens (primary N) is 1. The maximum atomic E-state index is 5.60. The summed E-state index contributed by atoms with van der Waals surface area (Å²) in [5.41, 5.74) is 7.40. The summed E-state index contributed by atoms with van der Waals surface area (Å²) < 4.78 is 10.5. The molecule has 2 aromatic rings. The summed E-state index contributed by atoms with van der Waals surface area (Å²) >= 11 is 0. The van der Waals surface area contributed by atoms with Crippen molar-refractivity contribution in [1.82, 2.24) is 5.16 Å². The second-order valence-corrected chi connectivity index (χ2v) is 3.13. The van der Waals surface area contributed by atoms with Crippen molar-refractivity contribution in [2.75, 3.05) is 5.73 Å². The molecule has 2 rings (SSSR count). The van der Waals surface area contributed by atoms with Crippen molar-refractivity contribution in [3.63, 3.8) is 0 Å². The van der Waals surface area contributed by atoms with E-state index in [9.17, 15) is 0 Å². The van der Waals surface area contributed by atoms with Crippen molar-refractivity contribution in [1.29, 1.82) is 0 Å². The third kappa shape index (κ3) is 1.19. The first kappa shape index (κ1) is 8.87. The van der Waals surface area contributed by atoms with Crippen LogP contribution in [0.5, 0.6) is 0 Å². The average molecular weight is 192 g/mol. The monoisotopic (exact) mass is 192 g/mol. The molecular weight excluding hydrogens is 180 g/mol. The van der Waals surface area contributed by atoms with Crippen LogP contribution in [-0.2, 0) is 6.42 Å². The van der Waals surface area contributed by atoms with E-state index in [-0.39, 0.29) is 0 Å². The van der Waals surface area contributed by atoms with E-state index in [2.05, 4.69) is 5.16 Å². The molecule has 4 heteroatoms. The molecule has 0 aliphatic heterocycles. The van der Waals surface area contributed by atoms with Crippen LogP contribution >= 0.6 is 0 Å². The highest BCUT2D eigenvalue weighted by Crippen LogP contribution is 2.30. The second-order valence-electron chi connectivity index (χ2n) is 3.13. The maximum absolute atomic E-state index is 5.60. The minimum atomic E-state index is 0.434. The number of hydrogen-bond acceptors (Lipinski definition) is 4. The number of furan rings is 1. The van der Waals surface area contributed by atoms with Crippen molar-refractivity contribution >= 4 is 5.82 Å². The van der Waals surface area contributed by atoms with E-state index in [1.165, 1.54) is 0 Å². The average Bonchev–Trinajstić information content (AvgIpc) is 2.75. The third-order valence-electron chi connectivity index (χ3n) is 2.27. The van der Waals surface area contributed by atoms with Gasteiger partial charge in [0.2, 0.25) is 0 Å². The van der Waals surface area contributed by atoms with Crippen LogP contribution in [0.3, 0.4) is 0 Å². The molecule has 0 fully saturated rings. The normalized spacial score (nSPS) is 10.7. The van der Waals surface area contributed by atoms with Crippen LogP contribution in [-0.4, -0.2) is 5.16 Å². The molecule has 0 bridgehead atoms. The number of aryl methyl sites for hydroxylation is 1. The Morgan fingerprint density at radius 2 is 2.29 bits per heavy atom. The molecule has 0 atom stereocenters. The second kappa shape index (κ2) is 3.21. The molecule has 2 heterocycles. The van der Waals surface area contributed by atoms with Crippen molar-refractivity contribution in [2.45, 2.75) is 20.3 Å². The van der Waals surface area contributed by atoms with Gasteiger partial charge in [0.05, 0.1) is 11.8 Å². The molecule has 0 aromatic carbocycles. The van der Waals surface area contributed by atoms with Crippen molar-refractivity contribution in [3.05, 3.63) is 23.7 Å². The molecule has 0 spiro atoms. The zero-order chi connectivity index (χ0) is 10.1. The van der Waals surface area contributed by atoms with Crippen LogP contribution in [0.1, 0.15) is 18.2 Å². The number of rotatable bonds is 2. The fourth-order valence-corrected chi connectivity index (χ4v) is 1.42. The summed E-state index contributed by atoms with van der Waals surface area (Å²) in [5.74, 6) is 2.03. The van der Waals surface area contributed by atoms with E-state index in [1.807, 2.05) is 19.9 Å². The van der Waals surface area contributed by atoms with Gasteiger partial charge in [0.15, 0.2) is 11.6 Å². The van der Waals surface area contributed by atoms with Gasteiger partial charge in [-0.2, -0.15) is 0 Å². The third-order valence-corrected chi connectivity index (χ3v) is 2.27. The molecular formula is C10H12N2O2. The number of anilines is 1. The van der Waals surface area contributed by atoms with E-state index in [1.54, 1.807) is 6.26 Å². The van der Waals surface area contributed by atoms with E-state index >= 15 is 0 Å². The lowest BCUT2D eigenvalue weighted by molar-refractivity contribution is 0.433. The van der Waals surface area contributed by atoms with Gasteiger partial charge >= 0.3 is 0 Å². The first-order chi connectivity index (χ1) is 6.74. The summed E-state index contributed by atoms with van der Waals surface area (Å²) in [6.07, 6.45) is 2.47. The van der Waals surface area contributed by atoms with Crippen LogP contribution in [0, 0.1) is 6.92 Å². The molecule has 0 aliphatic rings. The van der Waals surface area contributed by atoms with Crippen molar-refractivity contribution in [2.24, 2.45) is 0 Å². The summed E-state index contributed by atoms with van der Waals surface area (Å²) in [6, 6.07) is 1.87. The Morgan fingerprint density at radius 3 is 2.86 bits per heavy atom. The van der Waals surface area contributed by atoms with E-state index in [0.29, 0.717) is 11.6 Å². The number of aromatic nitrogens is 1. The Kier molecular flexibility index (Phi) is 2.04. The standard InChI is InChI=1S/C10H12N2O2/c1-3-8-7(4-5-13-8)9-6(2)10(11)12-14-9/h4-5H,3H2,1-2H3,(H2,11,12). The van der Waals surface area contributed by atoms with Gasteiger partial charge < -0.3 is 14.7 Å². The van der Waals surface area contributed by atoms with Gasteiger partial charge in [-0.1, -0.05) is 12.1 Å². The minimum Gasteiger partial charge on any atom is -0.469 e. The highest BCUT2D eigenvalue weighted by molar-refractivity contribution is 5.67. The molecule has 2 N–H and O–H groups in total. The summed E-state index contributed by atoms with van der Waals surface area (Å²) in [5, 5.41) is 3.71. The van der Waals surface area contributed by atoms with E-state index < -0.39 is 0 Å². The Labute approximate surface area is 81.7 Å². The molecule has 0 saturated carbocycles. The van der Waals surface area contributed by atoms with Crippen LogP contribution < -0.4 is 5.73 Å². The molecule has 74 valence electrons. The molecule has 0 amide bonds. The molecule has 0 radical (unpaired) electrons. The molecule has 0 saturated heterocycles. The SMILES string of the molecule is CCc1occc1-c1onc(N)c1C. The van der Waals surface area contributed by atoms with Gasteiger partial charge in [0, 0.05) is 12.0 Å². The van der Waals surface area contributed by atoms with Gasteiger partial charge in [-0.25, -0.2) is 0 Å². The maximum Gasteiger partial charge on any atom is 0.175 e. The van der Waals surface area contributed by atoms with Crippen LogP contribution in [0.15, 0.2) is 21.3 Å². The van der Waals surface area contributed by atoms with Crippen LogP contribution in [0.25, 0.3) is 11.3 Å². The number of nitrogen functional groups attached to an aromatic ring is 1. The largest absolute Gasteiger partial charge is 0.469 e. The Bertz CT molecular complexity index is 443. The van der Waals surface area contributed by atoms with Gasteiger partial charge in [-0.15, -0.1) is 0 Å². The number of nitrogens with zero attached hydrogens (tertiary/aromatic N) is 1. The topological polar surface area (TPSA) is 65.2 Å². The fraction of sp³-hybridized carbons (Fsp3) is 0.300. The van der Waals surface area contributed by atoms with Crippen LogP contribution in [0.2, 0.25) is 0 Å². The number of hydrogen-bond donors (Lipinski definition) is 1. The smallest absolute Gasteiger partial charge is 0.175 e. The highest BCUT2D eigenvalue weighted by Gasteiger charge is 2.16. The van der Waals surface area contributed by atoms with Gasteiger partial charge in [0.25, 0.3) is 0 Å². The lowest BCUT2D eigenvalue weighted by Crippen LogP contribution is -1.87. The molecule has 4 nitrogen and oxygen atoms in total. The zero-order valence-corrected chi connectivity index (χ0v) is 8.20. The van der Waals surface area contributed by atoms with E-state index in [0.717, 1.165) is 23.3 Å². The predicted octanol–water partition coefficient (Wildman–Crippen LogP) is 2.39. The Balaban J connectivity index is 2.54. The van der Waals surface area contributed by atoms with E-state index in [4.69, 9.17) is 14.7 Å². The lowest BCUT2D eigenvalue weighted by atomic mass is 10.1. The lowest BCUT2D eigenvalue weighted by Gasteiger charge is -1.95. The molecule has 2 aromatic heterocycles. The fourth-order valence-electron chi connectivity index (χ4n) is 1.42. The van der Waals surface area contributed by atoms with Crippen molar-refractivity contribution in [3.8, 4) is 11.3 Å². The first-order valence-corrected chi connectivity index (χ1v) is 4.52. The Morgan fingerprint density at radius 1 is 1.50 bits per heavy atom. The minimum absolute atomic E-state index is 0.434. The molecule has 14 heavy (non-hydrogen) atoms. The summed E-state index contributed by atoms with van der Waals surface area (Å²) in [7, 11) is 0. The van der Waals surface area contributed by atoms with Crippen molar-refractivity contribution < 1.29 is 8.94 Å². The molecule has 0 unspecified atom stereocenters.